The molecule has 0 amide bonds. The van der Waals surface area contributed by atoms with Crippen LogP contribution in [-0.4, -0.2) is 29.0 Å². The third kappa shape index (κ3) is 4.69. The standard InChI is InChI=1S/C28H26BrNO5/c29-19-11-7-17(8-12-19)16-35-20-13-9-18(10-14-20)26-27-21(3-1-5-23(27)31)30(15-25(33)34)22-4-2-6-24(32)28(22)26/h7-14,26H,1-6,15-16H2,(H,33,34)/p-1. The van der Waals surface area contributed by atoms with Crippen LogP contribution in [0, 0.1) is 0 Å². The van der Waals surface area contributed by atoms with E-state index in [1.165, 1.54) is 0 Å². The van der Waals surface area contributed by atoms with Gasteiger partial charge in [0, 0.05) is 45.8 Å². The number of carbonyl (C=O) groups excluding carboxylic acids is 3. The van der Waals surface area contributed by atoms with E-state index in [9.17, 15) is 19.5 Å². The fourth-order valence-electron chi connectivity index (χ4n) is 5.37. The van der Waals surface area contributed by atoms with Gasteiger partial charge in [0.05, 0.1) is 12.5 Å². The highest BCUT2D eigenvalue weighted by atomic mass is 79.9. The van der Waals surface area contributed by atoms with E-state index < -0.39 is 11.9 Å². The lowest BCUT2D eigenvalue weighted by atomic mass is 9.71. The molecule has 0 aromatic heterocycles. The zero-order chi connectivity index (χ0) is 24.5. The predicted octanol–water partition coefficient (Wildman–Crippen LogP) is 4.19. The van der Waals surface area contributed by atoms with Gasteiger partial charge in [0.15, 0.2) is 11.6 Å². The number of rotatable bonds is 6. The van der Waals surface area contributed by atoms with Gasteiger partial charge in [-0.05, 0) is 61.1 Å². The number of halogens is 1. The number of aliphatic carboxylic acids is 1. The maximum Gasteiger partial charge on any atom is 0.161 e. The van der Waals surface area contributed by atoms with Crippen LogP contribution in [0.5, 0.6) is 5.75 Å². The first-order valence-electron chi connectivity index (χ1n) is 11.9. The number of carbonyl (C=O) groups is 3. The van der Waals surface area contributed by atoms with Crippen molar-refractivity contribution in [1.29, 1.82) is 0 Å². The Hall–Kier alpha value is -3.19. The van der Waals surface area contributed by atoms with Crippen molar-refractivity contribution in [2.24, 2.45) is 0 Å². The third-order valence-electron chi connectivity index (χ3n) is 6.91. The number of allylic oxidation sites excluding steroid dienone is 4. The minimum Gasteiger partial charge on any atom is -0.548 e. The average molecular weight is 535 g/mol. The van der Waals surface area contributed by atoms with Crippen molar-refractivity contribution in [2.45, 2.75) is 51.0 Å². The van der Waals surface area contributed by atoms with Crippen LogP contribution in [0.1, 0.15) is 55.6 Å². The normalized spacial score (nSPS) is 18.5. The molecule has 3 aliphatic rings. The first-order valence-corrected chi connectivity index (χ1v) is 12.7. The van der Waals surface area contributed by atoms with Crippen molar-refractivity contribution in [3.63, 3.8) is 0 Å². The van der Waals surface area contributed by atoms with Crippen molar-refractivity contribution in [2.75, 3.05) is 6.54 Å². The molecule has 0 atom stereocenters. The molecule has 0 bridgehead atoms. The van der Waals surface area contributed by atoms with Gasteiger partial charge < -0.3 is 19.5 Å². The minimum atomic E-state index is -1.22. The molecular formula is C28H25BrNO5-. The molecule has 2 aliphatic carbocycles. The summed E-state index contributed by atoms with van der Waals surface area (Å²) in [5, 5.41) is 11.6. The minimum absolute atomic E-state index is 0.0138. The summed E-state index contributed by atoms with van der Waals surface area (Å²) in [4.78, 5) is 39.6. The van der Waals surface area contributed by atoms with Crippen molar-refractivity contribution in [3.05, 3.63) is 86.7 Å². The van der Waals surface area contributed by atoms with Gasteiger partial charge in [0.1, 0.15) is 12.4 Å². The Morgan fingerprint density at radius 3 is 2.00 bits per heavy atom. The largest absolute Gasteiger partial charge is 0.548 e. The highest BCUT2D eigenvalue weighted by molar-refractivity contribution is 9.10. The van der Waals surface area contributed by atoms with Crippen LogP contribution in [0.3, 0.4) is 0 Å². The monoisotopic (exact) mass is 534 g/mol. The summed E-state index contributed by atoms with van der Waals surface area (Å²) in [7, 11) is 0. The molecule has 6 nitrogen and oxygen atoms in total. The first kappa shape index (κ1) is 23.5. The van der Waals surface area contributed by atoms with Crippen LogP contribution in [-0.2, 0) is 21.0 Å². The van der Waals surface area contributed by atoms with Crippen LogP contribution in [0.15, 0.2) is 75.5 Å². The van der Waals surface area contributed by atoms with Crippen LogP contribution in [0.25, 0.3) is 0 Å². The number of hydrogen-bond acceptors (Lipinski definition) is 6. The number of Topliss-reactive ketones (excluding diaryl/α,β-unsaturated/α-hetero) is 2. The fraction of sp³-hybridized carbons (Fsp3) is 0.321. The van der Waals surface area contributed by atoms with Crippen LogP contribution in [0.4, 0.5) is 0 Å². The summed E-state index contributed by atoms with van der Waals surface area (Å²) in [6.07, 6.45) is 3.38. The smallest absolute Gasteiger partial charge is 0.161 e. The van der Waals surface area contributed by atoms with Gasteiger partial charge >= 0.3 is 0 Å². The number of carboxylic acids is 1. The second kappa shape index (κ2) is 9.82. The molecule has 35 heavy (non-hydrogen) atoms. The van der Waals surface area contributed by atoms with Gasteiger partial charge in [-0.2, -0.15) is 0 Å². The van der Waals surface area contributed by atoms with Crippen molar-refractivity contribution in [3.8, 4) is 5.75 Å². The van der Waals surface area contributed by atoms with Crippen LogP contribution < -0.4 is 9.84 Å². The first-order chi connectivity index (χ1) is 16.9. The summed E-state index contributed by atoms with van der Waals surface area (Å²) < 4.78 is 6.94. The number of hydrogen-bond donors (Lipinski definition) is 0. The molecule has 1 heterocycles. The number of benzene rings is 2. The molecule has 0 fully saturated rings. The Labute approximate surface area is 212 Å². The molecule has 2 aromatic carbocycles. The second-order valence-electron chi connectivity index (χ2n) is 9.15. The zero-order valence-electron chi connectivity index (χ0n) is 19.2. The van der Waals surface area contributed by atoms with Gasteiger partial charge in [0.25, 0.3) is 0 Å². The number of carboxylic acid groups (broad SMARTS) is 1. The molecule has 0 unspecified atom stereocenters. The predicted molar refractivity (Wildman–Crippen MR) is 131 cm³/mol. The Bertz CT molecular complexity index is 1200. The Morgan fingerprint density at radius 2 is 1.46 bits per heavy atom. The van der Waals surface area contributed by atoms with E-state index >= 15 is 0 Å². The van der Waals surface area contributed by atoms with Crippen molar-refractivity contribution in [1.82, 2.24) is 4.90 Å². The lowest BCUT2D eigenvalue weighted by molar-refractivity contribution is -0.305. The van der Waals surface area contributed by atoms with Gasteiger partial charge in [-0.25, -0.2) is 0 Å². The molecule has 0 N–H and O–H groups in total. The average Bonchev–Trinajstić information content (AvgIpc) is 2.85. The van der Waals surface area contributed by atoms with E-state index in [4.69, 9.17) is 4.74 Å². The Balaban J connectivity index is 1.49. The SMILES string of the molecule is O=C([O-])CN1C2=C(C(=O)CCC2)C(c2ccc(OCc3ccc(Br)cc3)cc2)C2=C1CCCC2=O. The topological polar surface area (TPSA) is 86.7 Å². The quantitative estimate of drug-likeness (QED) is 0.552. The summed E-state index contributed by atoms with van der Waals surface area (Å²) in [6.45, 7) is 0.0869. The van der Waals surface area contributed by atoms with Gasteiger partial charge in [-0.15, -0.1) is 0 Å². The highest BCUT2D eigenvalue weighted by Crippen LogP contribution is 2.49. The van der Waals surface area contributed by atoms with Crippen LogP contribution in [0.2, 0.25) is 0 Å². The van der Waals surface area contributed by atoms with Gasteiger partial charge in [0.2, 0.25) is 0 Å². The van der Waals surface area contributed by atoms with E-state index in [0.29, 0.717) is 62.0 Å². The van der Waals surface area contributed by atoms with E-state index in [1.54, 1.807) is 4.90 Å². The molecule has 0 radical (unpaired) electrons. The van der Waals surface area contributed by atoms with Crippen LogP contribution >= 0.6 is 15.9 Å². The van der Waals surface area contributed by atoms with Gasteiger partial charge in [-0.1, -0.05) is 40.2 Å². The Morgan fingerprint density at radius 1 is 0.886 bits per heavy atom. The van der Waals surface area contributed by atoms with E-state index in [0.717, 1.165) is 27.0 Å². The zero-order valence-corrected chi connectivity index (χ0v) is 20.8. The van der Waals surface area contributed by atoms with Gasteiger partial charge in [-0.3, -0.25) is 9.59 Å². The Kier molecular flexibility index (Phi) is 6.60. The fourth-order valence-corrected chi connectivity index (χ4v) is 5.64. The molecule has 5 rings (SSSR count). The number of nitrogens with zero attached hydrogens (tertiary/aromatic N) is 1. The maximum absolute atomic E-state index is 13.2. The molecular weight excluding hydrogens is 510 g/mol. The molecule has 0 saturated heterocycles. The molecule has 7 heteroatoms. The van der Waals surface area contributed by atoms with E-state index in [2.05, 4.69) is 15.9 Å². The van der Waals surface area contributed by atoms with Crippen molar-refractivity contribution < 1.29 is 24.2 Å². The highest BCUT2D eigenvalue weighted by Gasteiger charge is 2.43. The third-order valence-corrected chi connectivity index (χ3v) is 7.43. The molecule has 2 aromatic rings. The lowest BCUT2D eigenvalue weighted by Gasteiger charge is -2.44. The lowest BCUT2D eigenvalue weighted by Crippen LogP contribution is -2.44. The summed E-state index contributed by atoms with van der Waals surface area (Å²) in [6, 6.07) is 15.5. The maximum atomic E-state index is 13.2. The molecule has 0 saturated carbocycles. The number of ether oxygens (including phenoxy) is 1. The molecule has 1 aliphatic heterocycles. The van der Waals surface area contributed by atoms with E-state index in [1.807, 2.05) is 48.5 Å². The summed E-state index contributed by atoms with van der Waals surface area (Å²) in [5.74, 6) is -1.02. The number of ketones is 2. The second-order valence-corrected chi connectivity index (χ2v) is 10.1. The molecule has 0 spiro atoms. The molecule has 180 valence electrons. The summed E-state index contributed by atoms with van der Waals surface area (Å²) in [5.41, 5.74) is 4.49. The summed E-state index contributed by atoms with van der Waals surface area (Å²) >= 11 is 3.43. The van der Waals surface area contributed by atoms with Crippen molar-refractivity contribution >= 4 is 33.5 Å². The van der Waals surface area contributed by atoms with E-state index in [-0.39, 0.29) is 18.1 Å².